The van der Waals surface area contributed by atoms with Gasteiger partial charge in [-0.2, -0.15) is 0 Å². The first-order chi connectivity index (χ1) is 13.0. The minimum Gasteiger partial charge on any atom is -0.501 e. The molecule has 2 aromatic carbocycles. The van der Waals surface area contributed by atoms with Gasteiger partial charge in [0, 0.05) is 22.7 Å². The number of carbonyl (C=O) groups is 2. The number of carbonyl (C=O) groups excluding carboxylic acids is 2. The predicted molar refractivity (Wildman–Crippen MR) is 98.8 cm³/mol. The quantitative estimate of drug-likeness (QED) is 0.749. The average Bonchev–Trinajstić information content (AvgIpc) is 2.93. The Labute approximate surface area is 155 Å². The number of nitrogens with one attached hydrogen (secondary N) is 1. The van der Waals surface area contributed by atoms with Gasteiger partial charge in [0.25, 0.3) is 11.7 Å². The molecular weight excluding hydrogens is 344 g/mol. The van der Waals surface area contributed by atoms with Gasteiger partial charge in [-0.3, -0.25) is 19.9 Å². The molecule has 1 amide bonds. The maximum atomic E-state index is 12.7. The third-order valence-corrected chi connectivity index (χ3v) is 4.57. The third-order valence-electron chi connectivity index (χ3n) is 4.57. The molecule has 4 rings (SSSR count). The number of amides is 1. The molecule has 1 unspecified atom stereocenters. The van der Waals surface area contributed by atoms with Gasteiger partial charge >= 0.3 is 0 Å². The number of hydrogen-bond donors (Lipinski definition) is 2. The fourth-order valence-electron chi connectivity index (χ4n) is 3.00. The molecule has 3 aromatic rings. The Balaban J connectivity index is 1.64. The standard InChI is InChI=1S/C21H16N2O4/c1-21(15-11-14-9-5-6-10-16(14)22-12-15)18(25)17(24)20(27-21)23-19(26)13-7-3-2-4-8-13/h2-12,24H,1H3,(H,23,26). The van der Waals surface area contributed by atoms with Crippen molar-refractivity contribution in [3.63, 3.8) is 0 Å². The molecule has 0 saturated heterocycles. The minimum atomic E-state index is -1.47. The lowest BCUT2D eigenvalue weighted by molar-refractivity contribution is -0.131. The molecule has 1 aliphatic heterocycles. The summed E-state index contributed by atoms with van der Waals surface area (Å²) in [6.07, 6.45) is 1.54. The van der Waals surface area contributed by atoms with Crippen LogP contribution in [0.1, 0.15) is 22.8 Å². The first-order valence-electron chi connectivity index (χ1n) is 8.38. The van der Waals surface area contributed by atoms with Gasteiger partial charge in [-0.25, -0.2) is 0 Å². The van der Waals surface area contributed by atoms with Crippen molar-refractivity contribution in [2.24, 2.45) is 0 Å². The highest BCUT2D eigenvalue weighted by Crippen LogP contribution is 2.37. The van der Waals surface area contributed by atoms with Gasteiger partial charge in [0.15, 0.2) is 0 Å². The zero-order chi connectivity index (χ0) is 19.0. The van der Waals surface area contributed by atoms with Crippen molar-refractivity contribution in [1.29, 1.82) is 0 Å². The number of aliphatic hydroxyl groups is 1. The van der Waals surface area contributed by atoms with Crippen LogP contribution in [0.15, 0.2) is 78.5 Å². The zero-order valence-electron chi connectivity index (χ0n) is 14.5. The van der Waals surface area contributed by atoms with Crippen molar-refractivity contribution in [2.45, 2.75) is 12.5 Å². The van der Waals surface area contributed by atoms with Gasteiger partial charge in [-0.15, -0.1) is 0 Å². The number of para-hydroxylation sites is 1. The summed E-state index contributed by atoms with van der Waals surface area (Å²) in [5.74, 6) is -1.99. The van der Waals surface area contributed by atoms with E-state index in [4.69, 9.17) is 4.74 Å². The highest BCUT2D eigenvalue weighted by molar-refractivity contribution is 6.04. The molecule has 6 nitrogen and oxygen atoms in total. The van der Waals surface area contributed by atoms with E-state index in [1.807, 2.05) is 24.3 Å². The molecular formula is C21H16N2O4. The van der Waals surface area contributed by atoms with Crippen LogP contribution in [0.4, 0.5) is 0 Å². The SMILES string of the molecule is CC1(c2cnc3ccccc3c2)OC(NC(=O)c2ccccc2)=C(O)C1=O. The van der Waals surface area contributed by atoms with E-state index < -0.39 is 23.1 Å². The normalized spacial score (nSPS) is 19.2. The molecule has 0 spiro atoms. The van der Waals surface area contributed by atoms with Crippen molar-refractivity contribution < 1.29 is 19.4 Å². The van der Waals surface area contributed by atoms with Crippen molar-refractivity contribution in [3.8, 4) is 0 Å². The molecule has 27 heavy (non-hydrogen) atoms. The molecule has 0 radical (unpaired) electrons. The Morgan fingerprint density at radius 1 is 1.11 bits per heavy atom. The van der Waals surface area contributed by atoms with E-state index in [0.717, 1.165) is 10.9 Å². The minimum absolute atomic E-state index is 0.260. The van der Waals surface area contributed by atoms with Gasteiger partial charge in [-0.1, -0.05) is 36.4 Å². The first-order valence-corrected chi connectivity index (χ1v) is 8.38. The van der Waals surface area contributed by atoms with E-state index in [9.17, 15) is 14.7 Å². The maximum Gasteiger partial charge on any atom is 0.258 e. The molecule has 1 atom stereocenters. The van der Waals surface area contributed by atoms with Crippen molar-refractivity contribution >= 4 is 22.6 Å². The number of pyridine rings is 1. The smallest absolute Gasteiger partial charge is 0.258 e. The highest BCUT2D eigenvalue weighted by Gasteiger charge is 2.48. The summed E-state index contributed by atoms with van der Waals surface area (Å²) < 4.78 is 5.71. The maximum absolute atomic E-state index is 12.7. The Bertz CT molecular complexity index is 1090. The summed E-state index contributed by atoms with van der Waals surface area (Å²) >= 11 is 0. The van der Waals surface area contributed by atoms with Crippen LogP contribution in [0.5, 0.6) is 0 Å². The number of ketones is 1. The van der Waals surface area contributed by atoms with Crippen LogP contribution < -0.4 is 5.32 Å². The van der Waals surface area contributed by atoms with Gasteiger partial charge < -0.3 is 9.84 Å². The second-order valence-electron chi connectivity index (χ2n) is 6.38. The molecule has 134 valence electrons. The summed E-state index contributed by atoms with van der Waals surface area (Å²) in [5, 5.41) is 13.5. The molecule has 2 heterocycles. The zero-order valence-corrected chi connectivity index (χ0v) is 14.5. The first kappa shape index (κ1) is 16.8. The van der Waals surface area contributed by atoms with Crippen LogP contribution in [0, 0.1) is 0 Å². The van der Waals surface area contributed by atoms with Crippen LogP contribution in [-0.2, 0) is 15.1 Å². The second-order valence-corrected chi connectivity index (χ2v) is 6.38. The monoisotopic (exact) mass is 360 g/mol. The van der Waals surface area contributed by atoms with Crippen LogP contribution in [0.2, 0.25) is 0 Å². The summed E-state index contributed by atoms with van der Waals surface area (Å²) in [7, 11) is 0. The number of fused-ring (bicyclic) bond motifs is 1. The largest absolute Gasteiger partial charge is 0.501 e. The van der Waals surface area contributed by atoms with Crippen LogP contribution >= 0.6 is 0 Å². The van der Waals surface area contributed by atoms with Gasteiger partial charge in [0.05, 0.1) is 5.52 Å². The Morgan fingerprint density at radius 3 is 2.59 bits per heavy atom. The molecule has 1 aliphatic rings. The van der Waals surface area contributed by atoms with E-state index in [-0.39, 0.29) is 5.88 Å². The van der Waals surface area contributed by atoms with Gasteiger partial charge in [-0.05, 0) is 31.2 Å². The third kappa shape index (κ3) is 2.81. The fraction of sp³-hybridized carbons (Fsp3) is 0.0952. The molecule has 0 aliphatic carbocycles. The van der Waals surface area contributed by atoms with E-state index in [0.29, 0.717) is 11.1 Å². The molecule has 0 bridgehead atoms. The van der Waals surface area contributed by atoms with Crippen LogP contribution in [0.25, 0.3) is 10.9 Å². The van der Waals surface area contributed by atoms with E-state index >= 15 is 0 Å². The topological polar surface area (TPSA) is 88.5 Å². The number of aromatic nitrogens is 1. The fourth-order valence-corrected chi connectivity index (χ4v) is 3.00. The Morgan fingerprint density at radius 2 is 1.81 bits per heavy atom. The number of aliphatic hydroxyl groups excluding tert-OH is 1. The van der Waals surface area contributed by atoms with Gasteiger partial charge in [0.2, 0.25) is 17.2 Å². The van der Waals surface area contributed by atoms with Crippen LogP contribution in [0.3, 0.4) is 0 Å². The van der Waals surface area contributed by atoms with Crippen LogP contribution in [-0.4, -0.2) is 21.8 Å². The van der Waals surface area contributed by atoms with Gasteiger partial charge in [0.1, 0.15) is 0 Å². The number of nitrogens with zero attached hydrogens (tertiary/aromatic N) is 1. The lowest BCUT2D eigenvalue weighted by Crippen LogP contribution is -2.32. The van der Waals surface area contributed by atoms with E-state index in [1.165, 1.54) is 6.20 Å². The highest BCUT2D eigenvalue weighted by atomic mass is 16.5. The predicted octanol–water partition coefficient (Wildman–Crippen LogP) is 3.21. The van der Waals surface area contributed by atoms with Crippen molar-refractivity contribution in [2.75, 3.05) is 0 Å². The van der Waals surface area contributed by atoms with Crippen molar-refractivity contribution in [1.82, 2.24) is 10.3 Å². The number of hydrogen-bond acceptors (Lipinski definition) is 5. The number of ether oxygens (including phenoxy) is 1. The Hall–Kier alpha value is -3.67. The summed E-state index contributed by atoms with van der Waals surface area (Å²) in [6, 6.07) is 17.7. The lowest BCUT2D eigenvalue weighted by atomic mass is 9.92. The lowest BCUT2D eigenvalue weighted by Gasteiger charge is -2.23. The number of Topliss-reactive ketones (excluding diaryl/α,β-unsaturated/α-hetero) is 1. The summed E-state index contributed by atoms with van der Waals surface area (Å²) in [5.41, 5.74) is 0.182. The molecule has 1 aromatic heterocycles. The Kier molecular flexibility index (Phi) is 3.88. The number of rotatable bonds is 3. The van der Waals surface area contributed by atoms with E-state index in [1.54, 1.807) is 43.3 Å². The molecule has 0 saturated carbocycles. The molecule has 2 N–H and O–H groups in total. The number of benzene rings is 2. The second kappa shape index (κ2) is 6.25. The summed E-state index contributed by atoms with van der Waals surface area (Å²) in [4.78, 5) is 29.3. The van der Waals surface area contributed by atoms with Crippen molar-refractivity contribution in [3.05, 3.63) is 89.6 Å². The molecule has 6 heteroatoms. The summed E-state index contributed by atoms with van der Waals surface area (Å²) in [6.45, 7) is 1.54. The van der Waals surface area contributed by atoms with E-state index in [2.05, 4.69) is 10.3 Å². The molecule has 0 fully saturated rings. The average molecular weight is 360 g/mol.